The van der Waals surface area contributed by atoms with Crippen LogP contribution < -0.4 is 5.56 Å². The Morgan fingerprint density at radius 1 is 1.06 bits per heavy atom. The molecule has 7 nitrogen and oxygen atoms in total. The number of benzene rings is 1. The number of carbonyl (C=O) groups excluding carboxylic acids is 1. The van der Waals surface area contributed by atoms with Crippen LogP contribution in [0.5, 0.6) is 0 Å². The Morgan fingerprint density at radius 2 is 1.83 bits per heavy atom. The molecule has 0 unspecified atom stereocenters. The first-order valence-corrected chi connectivity index (χ1v) is 12.9. The fourth-order valence-corrected chi connectivity index (χ4v) is 6.26. The Balaban J connectivity index is 1.33. The Morgan fingerprint density at radius 3 is 2.54 bits per heavy atom. The quantitative estimate of drug-likeness (QED) is 0.694. The summed E-state index contributed by atoms with van der Waals surface area (Å²) in [7, 11) is 0. The van der Waals surface area contributed by atoms with Crippen LogP contribution in [0.4, 0.5) is 0 Å². The summed E-state index contributed by atoms with van der Waals surface area (Å²) in [6.07, 6.45) is 6.22. The zero-order valence-corrected chi connectivity index (χ0v) is 20.0. The molecule has 35 heavy (non-hydrogen) atoms. The lowest BCUT2D eigenvalue weighted by atomic mass is 9.88. The van der Waals surface area contributed by atoms with Crippen molar-refractivity contribution in [3.8, 4) is 0 Å². The summed E-state index contributed by atoms with van der Waals surface area (Å²) < 4.78 is 7.35. The predicted octanol–water partition coefficient (Wildman–Crippen LogP) is 2.25. The molecule has 7 heteroatoms. The molecule has 4 heterocycles. The molecule has 1 aromatic heterocycles. The number of aliphatic hydroxyl groups is 1. The summed E-state index contributed by atoms with van der Waals surface area (Å²) in [5.74, 6) is 0.576. The number of ether oxygens (including phenoxy) is 1. The maximum Gasteiger partial charge on any atom is 0.258 e. The summed E-state index contributed by atoms with van der Waals surface area (Å²) in [6.45, 7) is 3.69. The fourth-order valence-electron chi connectivity index (χ4n) is 6.26. The molecule has 1 saturated carbocycles. The van der Waals surface area contributed by atoms with E-state index in [0.29, 0.717) is 44.3 Å². The van der Waals surface area contributed by atoms with Crippen molar-refractivity contribution in [3.05, 3.63) is 69.6 Å². The van der Waals surface area contributed by atoms with Crippen LogP contribution in [0.15, 0.2) is 47.3 Å². The standard InChI is InChI=1S/C28H33N3O4/c32-18-23-22-17-30-24(11-10-21(27(30)33)9-8-19-4-2-1-3-5-19)25(22)31(16-20-6-7-20)26(23)28(34)29-12-14-35-15-13-29/h1-5,8-11,20,22-23,25-26,32H,6-7,12-18H2/b9-8+/t22-,23-,25+,26-/m0/s1. The number of hydrogen-bond donors (Lipinski definition) is 1. The maximum atomic E-state index is 13.7. The number of carbonyl (C=O) groups is 1. The Bertz CT molecular complexity index is 1170. The van der Waals surface area contributed by atoms with Gasteiger partial charge in [-0.05, 0) is 42.5 Å². The molecular formula is C28H33N3O4. The molecule has 3 fully saturated rings. The molecule has 1 aromatic carbocycles. The van der Waals surface area contributed by atoms with Crippen LogP contribution in [0.2, 0.25) is 0 Å². The number of aliphatic hydroxyl groups excluding tert-OH is 1. The Hall–Kier alpha value is -2.74. The highest BCUT2D eigenvalue weighted by molar-refractivity contribution is 5.83. The van der Waals surface area contributed by atoms with Gasteiger partial charge in [0.05, 0.1) is 25.3 Å². The summed E-state index contributed by atoms with van der Waals surface area (Å²) in [4.78, 5) is 31.4. The normalized spacial score (nSPS) is 28.4. The lowest BCUT2D eigenvalue weighted by Gasteiger charge is -2.36. The van der Waals surface area contributed by atoms with Gasteiger partial charge >= 0.3 is 0 Å². The van der Waals surface area contributed by atoms with Gasteiger partial charge < -0.3 is 19.3 Å². The molecule has 184 valence electrons. The first-order chi connectivity index (χ1) is 17.2. The van der Waals surface area contributed by atoms with Gasteiger partial charge in [-0.2, -0.15) is 0 Å². The minimum Gasteiger partial charge on any atom is -0.396 e. The summed E-state index contributed by atoms with van der Waals surface area (Å²) in [5, 5.41) is 10.5. The highest BCUT2D eigenvalue weighted by atomic mass is 16.5. The minimum atomic E-state index is -0.338. The molecule has 0 radical (unpaired) electrons. The van der Waals surface area contributed by atoms with E-state index < -0.39 is 0 Å². The van der Waals surface area contributed by atoms with Gasteiger partial charge in [-0.15, -0.1) is 0 Å². The molecule has 4 aliphatic rings. The molecule has 1 N–H and O–H groups in total. The molecule has 4 atom stereocenters. The maximum absolute atomic E-state index is 13.7. The molecular weight excluding hydrogens is 442 g/mol. The van der Waals surface area contributed by atoms with E-state index in [1.54, 1.807) is 0 Å². The van der Waals surface area contributed by atoms with E-state index >= 15 is 0 Å². The lowest BCUT2D eigenvalue weighted by Crippen LogP contribution is -2.53. The minimum absolute atomic E-state index is 0.00296. The fraction of sp³-hybridized carbons (Fsp3) is 0.500. The molecule has 1 aliphatic carbocycles. The number of fused-ring (bicyclic) bond motifs is 3. The van der Waals surface area contributed by atoms with Crippen LogP contribution >= 0.6 is 0 Å². The highest BCUT2D eigenvalue weighted by Crippen LogP contribution is 2.51. The van der Waals surface area contributed by atoms with Crippen molar-refractivity contribution in [3.63, 3.8) is 0 Å². The van der Waals surface area contributed by atoms with Crippen molar-refractivity contribution in [2.45, 2.75) is 31.5 Å². The van der Waals surface area contributed by atoms with Gasteiger partial charge in [0.1, 0.15) is 0 Å². The number of amides is 1. The molecule has 6 rings (SSSR count). The van der Waals surface area contributed by atoms with Crippen molar-refractivity contribution >= 4 is 18.1 Å². The second kappa shape index (κ2) is 9.37. The Kier molecular flexibility index (Phi) is 6.08. The van der Waals surface area contributed by atoms with Crippen LogP contribution in [-0.4, -0.2) is 70.9 Å². The van der Waals surface area contributed by atoms with Gasteiger partial charge in [-0.3, -0.25) is 14.5 Å². The zero-order valence-electron chi connectivity index (χ0n) is 20.0. The first kappa shape index (κ1) is 22.7. The molecule has 3 aliphatic heterocycles. The highest BCUT2D eigenvalue weighted by Gasteiger charge is 2.56. The summed E-state index contributed by atoms with van der Waals surface area (Å²) >= 11 is 0. The SMILES string of the molecule is O=C([C@@H]1[C@@H](CO)[C@@H]2Cn3c(ccc(/C=C/c4ccccc4)c3=O)[C@@H]2N1CC1CC1)N1CCOCC1. The number of likely N-dealkylation sites (tertiary alicyclic amines) is 1. The lowest BCUT2D eigenvalue weighted by molar-refractivity contribution is -0.142. The van der Waals surface area contributed by atoms with Gasteiger partial charge in [0.25, 0.3) is 5.56 Å². The molecule has 0 bridgehead atoms. The first-order valence-electron chi connectivity index (χ1n) is 12.9. The van der Waals surface area contributed by atoms with E-state index in [-0.39, 0.29) is 42.0 Å². The van der Waals surface area contributed by atoms with Gasteiger partial charge in [0, 0.05) is 55.9 Å². The van der Waals surface area contributed by atoms with E-state index in [1.807, 2.05) is 58.0 Å². The second-order valence-corrected chi connectivity index (χ2v) is 10.4. The van der Waals surface area contributed by atoms with E-state index in [4.69, 9.17) is 4.74 Å². The van der Waals surface area contributed by atoms with E-state index in [2.05, 4.69) is 11.0 Å². The zero-order chi connectivity index (χ0) is 23.9. The topological polar surface area (TPSA) is 75.0 Å². The molecule has 1 amide bonds. The van der Waals surface area contributed by atoms with Crippen molar-refractivity contribution < 1.29 is 14.6 Å². The number of morpholine rings is 1. The number of pyridine rings is 1. The van der Waals surface area contributed by atoms with Crippen LogP contribution in [0, 0.1) is 17.8 Å². The average Bonchev–Trinajstić information content (AvgIpc) is 3.56. The van der Waals surface area contributed by atoms with Crippen LogP contribution in [0.25, 0.3) is 12.2 Å². The van der Waals surface area contributed by atoms with E-state index in [1.165, 1.54) is 12.8 Å². The summed E-state index contributed by atoms with van der Waals surface area (Å²) in [6, 6.07) is 13.6. The number of nitrogens with zero attached hydrogens (tertiary/aromatic N) is 3. The predicted molar refractivity (Wildman–Crippen MR) is 133 cm³/mol. The number of hydrogen-bond acceptors (Lipinski definition) is 5. The van der Waals surface area contributed by atoms with Crippen molar-refractivity contribution in [1.82, 2.24) is 14.4 Å². The molecule has 2 aromatic rings. The van der Waals surface area contributed by atoms with Crippen LogP contribution in [0.1, 0.15) is 35.7 Å². The van der Waals surface area contributed by atoms with Crippen LogP contribution in [0.3, 0.4) is 0 Å². The van der Waals surface area contributed by atoms with Gasteiger partial charge in [-0.25, -0.2) is 0 Å². The monoisotopic (exact) mass is 475 g/mol. The molecule has 0 spiro atoms. The second-order valence-electron chi connectivity index (χ2n) is 10.4. The third kappa shape index (κ3) is 4.15. The third-order valence-corrected chi connectivity index (χ3v) is 8.22. The van der Waals surface area contributed by atoms with E-state index in [0.717, 1.165) is 17.8 Å². The Labute approximate surface area is 205 Å². The third-order valence-electron chi connectivity index (χ3n) is 8.22. The largest absolute Gasteiger partial charge is 0.396 e. The van der Waals surface area contributed by atoms with Crippen molar-refractivity contribution in [2.24, 2.45) is 17.8 Å². The van der Waals surface area contributed by atoms with Crippen molar-refractivity contribution in [2.75, 3.05) is 39.5 Å². The smallest absolute Gasteiger partial charge is 0.258 e. The van der Waals surface area contributed by atoms with Gasteiger partial charge in [0.2, 0.25) is 5.91 Å². The van der Waals surface area contributed by atoms with Gasteiger partial charge in [0.15, 0.2) is 0 Å². The van der Waals surface area contributed by atoms with Gasteiger partial charge in [-0.1, -0.05) is 36.4 Å². The van der Waals surface area contributed by atoms with Crippen molar-refractivity contribution in [1.29, 1.82) is 0 Å². The number of rotatable bonds is 6. The van der Waals surface area contributed by atoms with E-state index in [9.17, 15) is 14.7 Å². The molecule has 2 saturated heterocycles. The summed E-state index contributed by atoms with van der Waals surface area (Å²) in [5.41, 5.74) is 2.69. The number of aromatic nitrogens is 1. The average molecular weight is 476 g/mol. The van der Waals surface area contributed by atoms with Crippen LogP contribution in [-0.2, 0) is 16.1 Å².